The number of benzene rings is 1. The summed E-state index contributed by atoms with van der Waals surface area (Å²) < 4.78 is 12.2. The third-order valence-electron chi connectivity index (χ3n) is 4.99. The highest BCUT2D eigenvalue weighted by Gasteiger charge is 2.60. The number of carbonyl (C=O) groups excluding carboxylic acids is 1. The fourth-order valence-electron chi connectivity index (χ4n) is 3.55. The van der Waals surface area contributed by atoms with Crippen molar-refractivity contribution in [3.8, 4) is 11.5 Å². The van der Waals surface area contributed by atoms with Crippen LogP contribution in [0, 0.1) is 17.3 Å². The molecule has 1 amide bonds. The van der Waals surface area contributed by atoms with Crippen LogP contribution in [0.25, 0.3) is 10.2 Å². The molecule has 25 heavy (non-hydrogen) atoms. The van der Waals surface area contributed by atoms with E-state index in [4.69, 9.17) is 9.47 Å². The van der Waals surface area contributed by atoms with Crippen LogP contribution in [-0.2, 0) is 4.79 Å². The van der Waals surface area contributed by atoms with Gasteiger partial charge >= 0.3 is 0 Å². The lowest BCUT2D eigenvalue weighted by molar-refractivity contribution is -0.118. The number of aromatic nitrogens is 1. The number of allylic oxidation sites excluding steroid dienone is 2. The summed E-state index contributed by atoms with van der Waals surface area (Å²) >= 11 is 1.46. The SMILES string of the molecule is CC(C)=CC1C(C(=O)Nc2nc3cc4c(cc3s2)OCCO4)C1(C)C. The maximum Gasteiger partial charge on any atom is 0.230 e. The van der Waals surface area contributed by atoms with Crippen molar-refractivity contribution in [3.63, 3.8) is 0 Å². The maximum atomic E-state index is 12.7. The molecule has 0 saturated heterocycles. The number of carbonyl (C=O) groups is 1. The Morgan fingerprint density at radius 3 is 2.64 bits per heavy atom. The topological polar surface area (TPSA) is 60.5 Å². The van der Waals surface area contributed by atoms with Crippen molar-refractivity contribution in [1.82, 2.24) is 4.98 Å². The number of hydrogen-bond acceptors (Lipinski definition) is 5. The van der Waals surface area contributed by atoms with Gasteiger partial charge in [0.05, 0.1) is 16.1 Å². The second-order valence-electron chi connectivity index (χ2n) is 7.54. The third-order valence-corrected chi connectivity index (χ3v) is 5.92. The van der Waals surface area contributed by atoms with E-state index in [0.717, 1.165) is 16.0 Å². The minimum Gasteiger partial charge on any atom is -0.486 e. The second-order valence-corrected chi connectivity index (χ2v) is 8.57. The zero-order chi connectivity index (χ0) is 17.8. The molecule has 132 valence electrons. The molecule has 2 unspecified atom stereocenters. The fraction of sp³-hybridized carbons (Fsp3) is 0.474. The smallest absolute Gasteiger partial charge is 0.230 e. The van der Waals surface area contributed by atoms with E-state index in [1.54, 1.807) is 0 Å². The highest BCUT2D eigenvalue weighted by molar-refractivity contribution is 7.22. The first-order valence-electron chi connectivity index (χ1n) is 8.52. The van der Waals surface area contributed by atoms with Crippen LogP contribution < -0.4 is 14.8 Å². The largest absolute Gasteiger partial charge is 0.486 e. The minimum absolute atomic E-state index is 0.00118. The number of anilines is 1. The van der Waals surface area contributed by atoms with Crippen LogP contribution >= 0.6 is 11.3 Å². The summed E-state index contributed by atoms with van der Waals surface area (Å²) in [7, 11) is 0. The van der Waals surface area contributed by atoms with Gasteiger partial charge in [0.15, 0.2) is 16.6 Å². The lowest BCUT2D eigenvalue weighted by Crippen LogP contribution is -2.16. The molecule has 1 fully saturated rings. The molecule has 1 aromatic carbocycles. The van der Waals surface area contributed by atoms with Gasteiger partial charge in [-0.3, -0.25) is 4.79 Å². The van der Waals surface area contributed by atoms with Gasteiger partial charge in [-0.05, 0) is 25.2 Å². The van der Waals surface area contributed by atoms with Gasteiger partial charge in [0, 0.05) is 12.1 Å². The predicted octanol–water partition coefficient (Wildman–Crippen LogP) is 4.24. The molecular formula is C19H22N2O3S. The number of nitrogens with one attached hydrogen (secondary N) is 1. The molecule has 0 bridgehead atoms. The molecule has 2 atom stereocenters. The van der Waals surface area contributed by atoms with Crippen molar-refractivity contribution in [2.24, 2.45) is 17.3 Å². The van der Waals surface area contributed by atoms with E-state index in [-0.39, 0.29) is 17.2 Å². The molecule has 2 heterocycles. The molecule has 2 aromatic rings. The van der Waals surface area contributed by atoms with Gasteiger partial charge < -0.3 is 14.8 Å². The van der Waals surface area contributed by atoms with Crippen LogP contribution in [0.3, 0.4) is 0 Å². The van der Waals surface area contributed by atoms with Crippen molar-refractivity contribution in [2.75, 3.05) is 18.5 Å². The van der Waals surface area contributed by atoms with Gasteiger partial charge in [-0.25, -0.2) is 4.98 Å². The molecule has 1 N–H and O–H groups in total. The highest BCUT2D eigenvalue weighted by Crippen LogP contribution is 2.59. The zero-order valence-corrected chi connectivity index (χ0v) is 15.7. The number of nitrogens with zero attached hydrogens (tertiary/aromatic N) is 1. The van der Waals surface area contributed by atoms with Gasteiger partial charge in [-0.1, -0.05) is 36.8 Å². The monoisotopic (exact) mass is 358 g/mol. The summed E-state index contributed by atoms with van der Waals surface area (Å²) in [6.07, 6.45) is 2.20. The average Bonchev–Trinajstić information content (AvgIpc) is 2.87. The van der Waals surface area contributed by atoms with E-state index in [1.165, 1.54) is 16.9 Å². The van der Waals surface area contributed by atoms with E-state index in [9.17, 15) is 4.79 Å². The molecule has 2 aliphatic rings. The lowest BCUT2D eigenvalue weighted by Gasteiger charge is -2.17. The molecule has 1 aromatic heterocycles. The molecule has 0 radical (unpaired) electrons. The Morgan fingerprint density at radius 2 is 1.96 bits per heavy atom. The summed E-state index contributed by atoms with van der Waals surface area (Å²) in [4.78, 5) is 17.2. The molecule has 5 nitrogen and oxygen atoms in total. The summed E-state index contributed by atoms with van der Waals surface area (Å²) in [6, 6.07) is 3.81. The number of hydrogen-bond donors (Lipinski definition) is 1. The first-order valence-corrected chi connectivity index (χ1v) is 9.34. The number of fused-ring (bicyclic) bond motifs is 2. The Morgan fingerprint density at radius 1 is 1.28 bits per heavy atom. The lowest BCUT2D eigenvalue weighted by atomic mass is 10.1. The van der Waals surface area contributed by atoms with Crippen LogP contribution in [-0.4, -0.2) is 24.1 Å². The van der Waals surface area contributed by atoms with Crippen molar-refractivity contribution >= 4 is 32.6 Å². The van der Waals surface area contributed by atoms with E-state index in [2.05, 4.69) is 44.1 Å². The summed E-state index contributed by atoms with van der Waals surface area (Å²) in [5, 5.41) is 3.63. The van der Waals surface area contributed by atoms with Gasteiger partial charge in [0.2, 0.25) is 5.91 Å². The first-order chi connectivity index (χ1) is 11.9. The Balaban J connectivity index is 1.55. The van der Waals surface area contributed by atoms with Crippen LogP contribution in [0.1, 0.15) is 27.7 Å². The van der Waals surface area contributed by atoms with Gasteiger partial charge in [-0.2, -0.15) is 0 Å². The van der Waals surface area contributed by atoms with Gasteiger partial charge in [-0.15, -0.1) is 0 Å². The third kappa shape index (κ3) is 2.88. The van der Waals surface area contributed by atoms with Crippen molar-refractivity contribution in [2.45, 2.75) is 27.7 Å². The van der Waals surface area contributed by atoms with Crippen molar-refractivity contribution < 1.29 is 14.3 Å². The quantitative estimate of drug-likeness (QED) is 0.834. The standard InChI is InChI=1S/C19H22N2O3S/c1-10(2)7-11-16(19(11,3)4)17(22)21-18-20-12-8-13-14(9-15(12)25-18)24-6-5-23-13/h7-9,11,16H,5-6H2,1-4H3,(H,20,21,22). The number of ether oxygens (including phenoxy) is 2. The zero-order valence-electron chi connectivity index (χ0n) is 14.9. The Kier molecular flexibility index (Phi) is 3.76. The first kappa shape index (κ1) is 16.4. The van der Waals surface area contributed by atoms with E-state index >= 15 is 0 Å². The Hall–Kier alpha value is -2.08. The molecular weight excluding hydrogens is 336 g/mol. The highest BCUT2D eigenvalue weighted by atomic mass is 32.1. The van der Waals surface area contributed by atoms with E-state index < -0.39 is 0 Å². The maximum absolute atomic E-state index is 12.7. The van der Waals surface area contributed by atoms with Crippen LogP contribution in [0.2, 0.25) is 0 Å². The summed E-state index contributed by atoms with van der Waals surface area (Å²) in [5.41, 5.74) is 2.07. The minimum atomic E-state index is -0.00529. The van der Waals surface area contributed by atoms with Gasteiger partial charge in [0.1, 0.15) is 13.2 Å². The second kappa shape index (κ2) is 5.73. The normalized spacial score (nSPS) is 23.2. The number of thiazole rings is 1. The predicted molar refractivity (Wildman–Crippen MR) is 99.4 cm³/mol. The average molecular weight is 358 g/mol. The number of amides is 1. The molecule has 1 aliphatic heterocycles. The summed E-state index contributed by atoms with van der Waals surface area (Å²) in [6.45, 7) is 9.54. The fourth-order valence-corrected chi connectivity index (χ4v) is 4.43. The molecule has 0 spiro atoms. The Bertz CT molecular complexity index is 837. The van der Waals surface area contributed by atoms with Crippen LogP contribution in [0.15, 0.2) is 23.8 Å². The summed E-state index contributed by atoms with van der Waals surface area (Å²) in [5.74, 6) is 1.79. The van der Waals surface area contributed by atoms with E-state index in [1.807, 2.05) is 12.1 Å². The Labute approximate surface area is 151 Å². The molecule has 4 rings (SSSR count). The molecule has 1 aliphatic carbocycles. The van der Waals surface area contributed by atoms with Crippen molar-refractivity contribution in [3.05, 3.63) is 23.8 Å². The number of rotatable bonds is 3. The van der Waals surface area contributed by atoms with Crippen molar-refractivity contribution in [1.29, 1.82) is 0 Å². The van der Waals surface area contributed by atoms with E-state index in [0.29, 0.717) is 30.0 Å². The van der Waals surface area contributed by atoms with Crippen LogP contribution in [0.5, 0.6) is 11.5 Å². The van der Waals surface area contributed by atoms with Crippen LogP contribution in [0.4, 0.5) is 5.13 Å². The molecule has 6 heteroatoms. The molecule has 1 saturated carbocycles. The van der Waals surface area contributed by atoms with Gasteiger partial charge in [0.25, 0.3) is 0 Å².